The second-order valence-corrected chi connectivity index (χ2v) is 4.61. The van der Waals surface area contributed by atoms with Gasteiger partial charge >= 0.3 is 0 Å². The Morgan fingerprint density at radius 3 is 2.60 bits per heavy atom. The molecular formula is C10H13Cl2N3. The summed E-state index contributed by atoms with van der Waals surface area (Å²) in [5.74, 6) is 0. The van der Waals surface area contributed by atoms with E-state index in [1.54, 1.807) is 12.4 Å². The average molecular weight is 246 g/mol. The molecule has 3 nitrogen and oxygen atoms in total. The number of piperidine rings is 1. The second-order valence-electron chi connectivity index (χ2n) is 3.80. The van der Waals surface area contributed by atoms with Crippen molar-refractivity contribution in [3.8, 4) is 0 Å². The SMILES string of the molecule is N[C@H]1CCCN(c2c(Cl)cncc2Cl)C1. The van der Waals surface area contributed by atoms with E-state index < -0.39 is 0 Å². The number of rotatable bonds is 1. The molecule has 0 saturated carbocycles. The minimum atomic E-state index is 0.207. The smallest absolute Gasteiger partial charge is 0.0838 e. The zero-order valence-electron chi connectivity index (χ0n) is 8.29. The molecule has 1 fully saturated rings. The number of aromatic nitrogens is 1. The highest BCUT2D eigenvalue weighted by Gasteiger charge is 2.20. The van der Waals surface area contributed by atoms with Crippen LogP contribution in [-0.2, 0) is 0 Å². The summed E-state index contributed by atoms with van der Waals surface area (Å²) in [5, 5.41) is 1.19. The van der Waals surface area contributed by atoms with Crippen molar-refractivity contribution in [1.82, 2.24) is 4.98 Å². The van der Waals surface area contributed by atoms with Gasteiger partial charge < -0.3 is 10.6 Å². The lowest BCUT2D eigenvalue weighted by atomic mass is 10.1. The Morgan fingerprint density at radius 2 is 2.00 bits per heavy atom. The van der Waals surface area contributed by atoms with E-state index in [2.05, 4.69) is 9.88 Å². The van der Waals surface area contributed by atoms with E-state index in [1.807, 2.05) is 0 Å². The van der Waals surface area contributed by atoms with Crippen molar-refractivity contribution in [2.75, 3.05) is 18.0 Å². The molecule has 1 atom stereocenters. The van der Waals surface area contributed by atoms with E-state index in [0.29, 0.717) is 10.0 Å². The fourth-order valence-corrected chi connectivity index (χ4v) is 2.52. The molecule has 15 heavy (non-hydrogen) atoms. The van der Waals surface area contributed by atoms with Crippen molar-refractivity contribution in [3.63, 3.8) is 0 Å². The normalized spacial score (nSPS) is 21.8. The van der Waals surface area contributed by atoms with Crippen molar-refractivity contribution < 1.29 is 0 Å². The monoisotopic (exact) mass is 245 g/mol. The topological polar surface area (TPSA) is 42.1 Å². The summed E-state index contributed by atoms with van der Waals surface area (Å²) in [7, 11) is 0. The molecule has 0 spiro atoms. The number of halogens is 2. The number of anilines is 1. The Morgan fingerprint density at radius 1 is 1.33 bits per heavy atom. The third-order valence-electron chi connectivity index (χ3n) is 2.60. The van der Waals surface area contributed by atoms with Crippen molar-refractivity contribution in [2.24, 2.45) is 5.73 Å². The van der Waals surface area contributed by atoms with E-state index in [4.69, 9.17) is 28.9 Å². The van der Waals surface area contributed by atoms with E-state index in [0.717, 1.165) is 31.6 Å². The predicted molar refractivity (Wildman–Crippen MR) is 63.7 cm³/mol. The highest BCUT2D eigenvalue weighted by molar-refractivity contribution is 6.38. The summed E-state index contributed by atoms with van der Waals surface area (Å²) < 4.78 is 0. The van der Waals surface area contributed by atoms with Crippen molar-refractivity contribution in [1.29, 1.82) is 0 Å². The van der Waals surface area contributed by atoms with Crippen LogP contribution < -0.4 is 10.6 Å². The van der Waals surface area contributed by atoms with Crippen LogP contribution in [0.3, 0.4) is 0 Å². The first-order valence-electron chi connectivity index (χ1n) is 4.98. The van der Waals surface area contributed by atoms with Gasteiger partial charge in [0.25, 0.3) is 0 Å². The molecule has 1 aromatic heterocycles. The predicted octanol–water partition coefficient (Wildman–Crippen LogP) is 2.32. The quantitative estimate of drug-likeness (QED) is 0.826. The molecule has 0 unspecified atom stereocenters. The molecular weight excluding hydrogens is 233 g/mol. The molecule has 0 aliphatic carbocycles. The first-order valence-corrected chi connectivity index (χ1v) is 5.73. The van der Waals surface area contributed by atoms with Crippen LogP contribution in [0.25, 0.3) is 0 Å². The Hall–Kier alpha value is -0.510. The first kappa shape index (κ1) is 11.0. The molecule has 2 N–H and O–H groups in total. The minimum Gasteiger partial charge on any atom is -0.367 e. The van der Waals surface area contributed by atoms with Gasteiger partial charge in [0.15, 0.2) is 0 Å². The lowest BCUT2D eigenvalue weighted by Gasteiger charge is -2.33. The van der Waals surface area contributed by atoms with Crippen molar-refractivity contribution >= 4 is 28.9 Å². The van der Waals surface area contributed by atoms with E-state index >= 15 is 0 Å². The highest BCUT2D eigenvalue weighted by atomic mass is 35.5. The maximum absolute atomic E-state index is 6.08. The van der Waals surface area contributed by atoms with Crippen LogP contribution in [0.4, 0.5) is 5.69 Å². The maximum atomic E-state index is 6.08. The molecule has 1 aliphatic heterocycles. The number of nitrogens with zero attached hydrogens (tertiary/aromatic N) is 2. The number of nitrogens with two attached hydrogens (primary N) is 1. The van der Waals surface area contributed by atoms with Crippen LogP contribution >= 0.6 is 23.2 Å². The summed E-state index contributed by atoms with van der Waals surface area (Å²) in [5.41, 5.74) is 6.78. The maximum Gasteiger partial charge on any atom is 0.0838 e. The number of pyridine rings is 1. The van der Waals surface area contributed by atoms with Gasteiger partial charge in [-0.05, 0) is 12.8 Å². The molecule has 5 heteroatoms. The van der Waals surface area contributed by atoms with Gasteiger partial charge in [-0.3, -0.25) is 4.98 Å². The number of hydrogen-bond acceptors (Lipinski definition) is 3. The Labute approximate surface area is 99.2 Å². The molecule has 1 aliphatic rings. The second kappa shape index (κ2) is 4.56. The van der Waals surface area contributed by atoms with Crippen LogP contribution in [0.2, 0.25) is 10.0 Å². The van der Waals surface area contributed by atoms with Gasteiger partial charge in [0.05, 0.1) is 15.7 Å². The lowest BCUT2D eigenvalue weighted by Crippen LogP contribution is -2.43. The average Bonchev–Trinajstić information content (AvgIpc) is 2.17. The summed E-state index contributed by atoms with van der Waals surface area (Å²) in [6.07, 6.45) is 5.37. The van der Waals surface area contributed by atoms with Gasteiger partial charge in [0.2, 0.25) is 0 Å². The summed E-state index contributed by atoms with van der Waals surface area (Å²) in [4.78, 5) is 6.08. The number of hydrogen-bond donors (Lipinski definition) is 1. The highest BCUT2D eigenvalue weighted by Crippen LogP contribution is 2.33. The first-order chi connectivity index (χ1) is 7.18. The van der Waals surface area contributed by atoms with Crippen LogP contribution in [0, 0.1) is 0 Å². The lowest BCUT2D eigenvalue weighted by molar-refractivity contribution is 0.506. The molecule has 1 aromatic rings. The molecule has 1 saturated heterocycles. The Balaban J connectivity index is 2.28. The summed E-state index contributed by atoms with van der Waals surface area (Å²) in [6.45, 7) is 1.76. The Bertz CT molecular complexity index is 336. The van der Waals surface area contributed by atoms with Gasteiger partial charge in [0.1, 0.15) is 0 Å². The minimum absolute atomic E-state index is 0.207. The van der Waals surface area contributed by atoms with Gasteiger partial charge in [-0.15, -0.1) is 0 Å². The fourth-order valence-electron chi connectivity index (χ4n) is 1.92. The van der Waals surface area contributed by atoms with Gasteiger partial charge in [-0.2, -0.15) is 0 Å². The van der Waals surface area contributed by atoms with Crippen molar-refractivity contribution in [3.05, 3.63) is 22.4 Å². The summed E-state index contributed by atoms with van der Waals surface area (Å²) in [6, 6.07) is 0.207. The van der Waals surface area contributed by atoms with Gasteiger partial charge in [-0.1, -0.05) is 23.2 Å². The Kier molecular flexibility index (Phi) is 3.34. The zero-order chi connectivity index (χ0) is 10.8. The van der Waals surface area contributed by atoms with Crippen LogP contribution in [0.5, 0.6) is 0 Å². The van der Waals surface area contributed by atoms with Crippen LogP contribution in [-0.4, -0.2) is 24.1 Å². The van der Waals surface area contributed by atoms with Crippen molar-refractivity contribution in [2.45, 2.75) is 18.9 Å². The largest absolute Gasteiger partial charge is 0.367 e. The van der Waals surface area contributed by atoms with E-state index in [9.17, 15) is 0 Å². The molecule has 0 aromatic carbocycles. The molecule has 2 rings (SSSR count). The van der Waals surface area contributed by atoms with E-state index in [-0.39, 0.29) is 6.04 Å². The summed E-state index contributed by atoms with van der Waals surface area (Å²) >= 11 is 12.2. The molecule has 0 radical (unpaired) electrons. The van der Waals surface area contributed by atoms with Gasteiger partial charge in [-0.25, -0.2) is 0 Å². The fraction of sp³-hybridized carbons (Fsp3) is 0.500. The molecule has 2 heterocycles. The molecule has 0 bridgehead atoms. The third kappa shape index (κ3) is 2.36. The van der Waals surface area contributed by atoms with Crippen LogP contribution in [0.15, 0.2) is 12.4 Å². The van der Waals surface area contributed by atoms with E-state index in [1.165, 1.54) is 0 Å². The third-order valence-corrected chi connectivity index (χ3v) is 3.16. The standard InChI is InChI=1S/C10H13Cl2N3/c11-8-4-14-5-9(12)10(8)15-3-1-2-7(13)6-15/h4-5,7H,1-3,6,13H2/t7-/m0/s1. The van der Waals surface area contributed by atoms with Crippen LogP contribution in [0.1, 0.15) is 12.8 Å². The molecule has 0 amide bonds. The molecule has 82 valence electrons. The zero-order valence-corrected chi connectivity index (χ0v) is 9.80. The van der Waals surface area contributed by atoms with Gasteiger partial charge in [0, 0.05) is 31.5 Å².